The van der Waals surface area contributed by atoms with E-state index >= 15 is 0 Å². The fourth-order valence-corrected chi connectivity index (χ4v) is 1.70. The maximum atomic E-state index is 11.4. The third-order valence-corrected chi connectivity index (χ3v) is 2.86. The van der Waals surface area contributed by atoms with Crippen LogP contribution in [0.4, 0.5) is 0 Å². The van der Waals surface area contributed by atoms with Gasteiger partial charge in [0.15, 0.2) is 0 Å². The van der Waals surface area contributed by atoms with Crippen LogP contribution in [0.5, 0.6) is 0 Å². The molecule has 94 valence electrons. The minimum Gasteiger partial charge on any atom is -0.393 e. The Morgan fingerprint density at radius 1 is 1.44 bits per heavy atom. The highest BCUT2D eigenvalue weighted by molar-refractivity contribution is 5.76. The summed E-state index contributed by atoms with van der Waals surface area (Å²) in [4.78, 5) is 13.7. The summed E-state index contributed by atoms with van der Waals surface area (Å²) in [6.45, 7) is 4.20. The number of carbonyl (C=O) groups is 1. The first-order valence-corrected chi connectivity index (χ1v) is 5.86. The Kier molecular flexibility index (Phi) is 5.18. The third kappa shape index (κ3) is 4.92. The maximum absolute atomic E-state index is 11.4. The van der Waals surface area contributed by atoms with E-state index in [2.05, 4.69) is 10.2 Å². The number of nitrogens with zero attached hydrogens (tertiary/aromatic N) is 1. The van der Waals surface area contributed by atoms with E-state index < -0.39 is 5.60 Å². The van der Waals surface area contributed by atoms with Crippen LogP contribution in [0.3, 0.4) is 0 Å². The van der Waals surface area contributed by atoms with Crippen molar-refractivity contribution >= 4 is 5.91 Å². The van der Waals surface area contributed by atoms with Crippen molar-refractivity contribution in [2.24, 2.45) is 0 Å². The quantitative estimate of drug-likeness (QED) is 0.566. The number of aliphatic hydroxyl groups excluding tert-OH is 1. The highest BCUT2D eigenvalue weighted by Crippen LogP contribution is 2.07. The van der Waals surface area contributed by atoms with E-state index in [-0.39, 0.29) is 19.1 Å². The summed E-state index contributed by atoms with van der Waals surface area (Å²) in [5.41, 5.74) is -1.22. The summed E-state index contributed by atoms with van der Waals surface area (Å²) >= 11 is 0. The van der Waals surface area contributed by atoms with Crippen LogP contribution in [0.15, 0.2) is 0 Å². The Hall–Kier alpha value is -0.650. The number of hydrogen-bond acceptors (Lipinski definition) is 4. The minimum atomic E-state index is -1.22. The molecule has 0 radical (unpaired) electrons. The first-order valence-electron chi connectivity index (χ1n) is 5.86. The zero-order valence-electron chi connectivity index (χ0n) is 9.91. The summed E-state index contributed by atoms with van der Waals surface area (Å²) in [6.07, 6.45) is 2.91. The summed E-state index contributed by atoms with van der Waals surface area (Å²) < 4.78 is 0. The SMILES string of the molecule is CC(O)(CO)CNC(=O)CCN1CCCC1. The van der Waals surface area contributed by atoms with E-state index in [1.165, 1.54) is 19.8 Å². The van der Waals surface area contributed by atoms with Crippen molar-refractivity contribution in [3.8, 4) is 0 Å². The van der Waals surface area contributed by atoms with Crippen LogP contribution in [0.1, 0.15) is 26.2 Å². The molecule has 1 saturated heterocycles. The van der Waals surface area contributed by atoms with E-state index in [0.29, 0.717) is 6.42 Å². The molecule has 0 spiro atoms. The lowest BCUT2D eigenvalue weighted by Crippen LogP contribution is -2.43. The van der Waals surface area contributed by atoms with Gasteiger partial charge in [-0.25, -0.2) is 0 Å². The van der Waals surface area contributed by atoms with Gasteiger partial charge in [-0.1, -0.05) is 0 Å². The van der Waals surface area contributed by atoms with Crippen molar-refractivity contribution in [1.29, 1.82) is 0 Å². The molecule has 0 aromatic carbocycles. The predicted octanol–water partition coefficient (Wildman–Crippen LogP) is -0.668. The lowest BCUT2D eigenvalue weighted by Gasteiger charge is -2.21. The first kappa shape index (κ1) is 13.4. The fourth-order valence-electron chi connectivity index (χ4n) is 1.70. The van der Waals surface area contributed by atoms with Crippen molar-refractivity contribution in [3.63, 3.8) is 0 Å². The number of aliphatic hydroxyl groups is 2. The normalized spacial score (nSPS) is 20.7. The van der Waals surface area contributed by atoms with Crippen LogP contribution < -0.4 is 5.32 Å². The Morgan fingerprint density at radius 3 is 2.62 bits per heavy atom. The minimum absolute atomic E-state index is 0.0689. The van der Waals surface area contributed by atoms with Gasteiger partial charge in [-0.15, -0.1) is 0 Å². The van der Waals surface area contributed by atoms with Gasteiger partial charge in [-0.3, -0.25) is 4.79 Å². The third-order valence-electron chi connectivity index (χ3n) is 2.86. The molecule has 0 aromatic rings. The fraction of sp³-hybridized carbons (Fsp3) is 0.909. The molecule has 3 N–H and O–H groups in total. The lowest BCUT2D eigenvalue weighted by molar-refractivity contribution is -0.122. The lowest BCUT2D eigenvalue weighted by atomic mass is 10.1. The van der Waals surface area contributed by atoms with Crippen molar-refractivity contribution in [2.45, 2.75) is 31.8 Å². The van der Waals surface area contributed by atoms with Crippen LogP contribution in [-0.2, 0) is 4.79 Å². The summed E-state index contributed by atoms with van der Waals surface area (Å²) in [5.74, 6) is -0.0689. The van der Waals surface area contributed by atoms with Gasteiger partial charge >= 0.3 is 0 Å². The summed E-state index contributed by atoms with van der Waals surface area (Å²) in [7, 11) is 0. The number of likely N-dealkylation sites (tertiary alicyclic amines) is 1. The topological polar surface area (TPSA) is 72.8 Å². The zero-order chi connectivity index (χ0) is 12.0. The van der Waals surface area contributed by atoms with Crippen molar-refractivity contribution in [2.75, 3.05) is 32.8 Å². The van der Waals surface area contributed by atoms with Gasteiger partial charge in [0, 0.05) is 19.5 Å². The Balaban J connectivity index is 2.10. The maximum Gasteiger partial charge on any atom is 0.221 e. The zero-order valence-corrected chi connectivity index (χ0v) is 9.91. The molecule has 1 atom stereocenters. The van der Waals surface area contributed by atoms with Crippen molar-refractivity contribution < 1.29 is 15.0 Å². The van der Waals surface area contributed by atoms with Crippen LogP contribution >= 0.6 is 0 Å². The Labute approximate surface area is 96.4 Å². The van der Waals surface area contributed by atoms with E-state index in [4.69, 9.17) is 5.11 Å². The molecule has 0 aromatic heterocycles. The van der Waals surface area contributed by atoms with Crippen LogP contribution in [0.25, 0.3) is 0 Å². The van der Waals surface area contributed by atoms with E-state index in [9.17, 15) is 9.90 Å². The monoisotopic (exact) mass is 230 g/mol. The van der Waals surface area contributed by atoms with Gasteiger partial charge in [0.05, 0.1) is 6.61 Å². The molecule has 1 amide bonds. The molecule has 1 heterocycles. The van der Waals surface area contributed by atoms with E-state index in [0.717, 1.165) is 19.6 Å². The molecule has 5 heteroatoms. The van der Waals surface area contributed by atoms with Crippen molar-refractivity contribution in [3.05, 3.63) is 0 Å². The molecule has 5 nitrogen and oxygen atoms in total. The molecule has 1 rings (SSSR count). The second-order valence-electron chi connectivity index (χ2n) is 4.73. The van der Waals surface area contributed by atoms with Gasteiger partial charge in [0.2, 0.25) is 5.91 Å². The smallest absolute Gasteiger partial charge is 0.221 e. The summed E-state index contributed by atoms with van der Waals surface area (Å²) in [5, 5.41) is 20.9. The molecule has 0 bridgehead atoms. The first-order chi connectivity index (χ1) is 7.53. The number of amides is 1. The van der Waals surface area contributed by atoms with E-state index in [1.54, 1.807) is 0 Å². The van der Waals surface area contributed by atoms with Gasteiger partial charge < -0.3 is 20.4 Å². The van der Waals surface area contributed by atoms with Gasteiger partial charge in [0.25, 0.3) is 0 Å². The molecule has 16 heavy (non-hydrogen) atoms. The number of nitrogens with one attached hydrogen (secondary N) is 1. The standard InChI is InChI=1S/C11H22N2O3/c1-11(16,9-14)8-12-10(15)4-7-13-5-2-3-6-13/h14,16H,2-9H2,1H3,(H,12,15). The molecule has 0 saturated carbocycles. The van der Waals surface area contributed by atoms with E-state index in [1.807, 2.05) is 0 Å². The van der Waals surface area contributed by atoms with Gasteiger partial charge in [-0.2, -0.15) is 0 Å². The van der Waals surface area contributed by atoms with Gasteiger partial charge in [-0.05, 0) is 32.9 Å². The molecule has 1 fully saturated rings. The van der Waals surface area contributed by atoms with Gasteiger partial charge in [0.1, 0.15) is 5.60 Å². The van der Waals surface area contributed by atoms with Crippen molar-refractivity contribution in [1.82, 2.24) is 10.2 Å². The second-order valence-corrected chi connectivity index (χ2v) is 4.73. The molecule has 0 aliphatic carbocycles. The largest absolute Gasteiger partial charge is 0.393 e. The molecule has 1 unspecified atom stereocenters. The number of hydrogen-bond donors (Lipinski definition) is 3. The second kappa shape index (κ2) is 6.18. The van der Waals surface area contributed by atoms with Crippen LogP contribution in [-0.4, -0.2) is 59.4 Å². The molecule has 1 aliphatic rings. The van der Waals surface area contributed by atoms with Crippen LogP contribution in [0.2, 0.25) is 0 Å². The summed E-state index contributed by atoms with van der Waals surface area (Å²) in [6, 6.07) is 0. The molecular weight excluding hydrogens is 208 g/mol. The average molecular weight is 230 g/mol. The van der Waals surface area contributed by atoms with Crippen LogP contribution in [0, 0.1) is 0 Å². The number of rotatable bonds is 6. The highest BCUT2D eigenvalue weighted by atomic mass is 16.3. The Bertz CT molecular complexity index is 225. The highest BCUT2D eigenvalue weighted by Gasteiger charge is 2.20. The molecule has 1 aliphatic heterocycles. The molecular formula is C11H22N2O3. The Morgan fingerprint density at radius 2 is 2.06 bits per heavy atom. The predicted molar refractivity (Wildman–Crippen MR) is 61.0 cm³/mol. The number of carbonyl (C=O) groups excluding carboxylic acids is 1. The average Bonchev–Trinajstić information content (AvgIpc) is 2.76.